The monoisotopic (exact) mass is 448 g/mol. The number of carbonyl (C=O) groups is 2. The molecule has 0 spiro atoms. The SMILES string of the molecule is Cc1c(C(=O)OC(CC(C)C)C(=O)NC(C)(C#N)OCc2ccccc2)oc2ccccc12. The maximum Gasteiger partial charge on any atom is 0.375 e. The highest BCUT2D eigenvalue weighted by Gasteiger charge is 2.34. The van der Waals surface area contributed by atoms with Crippen molar-refractivity contribution in [2.45, 2.75) is 52.6 Å². The molecule has 1 amide bonds. The molecule has 33 heavy (non-hydrogen) atoms. The largest absolute Gasteiger partial charge is 0.449 e. The highest BCUT2D eigenvalue weighted by molar-refractivity contribution is 5.97. The lowest BCUT2D eigenvalue weighted by molar-refractivity contribution is -0.138. The van der Waals surface area contributed by atoms with Gasteiger partial charge in [-0.05, 0) is 37.8 Å². The second kappa shape index (κ2) is 10.3. The van der Waals surface area contributed by atoms with Gasteiger partial charge < -0.3 is 19.2 Å². The maximum atomic E-state index is 13.0. The van der Waals surface area contributed by atoms with Crippen LogP contribution in [0, 0.1) is 24.2 Å². The fourth-order valence-electron chi connectivity index (χ4n) is 3.40. The number of para-hydroxylation sites is 1. The molecule has 0 saturated heterocycles. The molecule has 1 N–H and O–H groups in total. The van der Waals surface area contributed by atoms with Crippen LogP contribution >= 0.6 is 0 Å². The van der Waals surface area contributed by atoms with Crippen LogP contribution in [0.2, 0.25) is 0 Å². The summed E-state index contributed by atoms with van der Waals surface area (Å²) in [5.74, 6) is -1.22. The molecule has 3 rings (SSSR count). The van der Waals surface area contributed by atoms with Crippen molar-refractivity contribution in [2.75, 3.05) is 0 Å². The van der Waals surface area contributed by atoms with Gasteiger partial charge in [-0.2, -0.15) is 5.26 Å². The van der Waals surface area contributed by atoms with Gasteiger partial charge in [-0.25, -0.2) is 4.79 Å². The molecule has 0 aliphatic carbocycles. The van der Waals surface area contributed by atoms with Crippen LogP contribution in [0.4, 0.5) is 0 Å². The van der Waals surface area contributed by atoms with Gasteiger partial charge in [0.1, 0.15) is 11.7 Å². The van der Waals surface area contributed by atoms with Gasteiger partial charge in [0.05, 0.1) is 6.61 Å². The lowest BCUT2D eigenvalue weighted by Crippen LogP contribution is -2.51. The molecule has 0 aliphatic heterocycles. The topological polar surface area (TPSA) is 102 Å². The zero-order valence-electron chi connectivity index (χ0n) is 19.3. The summed E-state index contributed by atoms with van der Waals surface area (Å²) < 4.78 is 16.9. The lowest BCUT2D eigenvalue weighted by atomic mass is 10.0. The van der Waals surface area contributed by atoms with Crippen molar-refractivity contribution in [3.63, 3.8) is 0 Å². The number of furan rings is 1. The smallest absolute Gasteiger partial charge is 0.375 e. The summed E-state index contributed by atoms with van der Waals surface area (Å²) in [6.45, 7) is 7.19. The van der Waals surface area contributed by atoms with Crippen LogP contribution in [0.25, 0.3) is 11.0 Å². The Hall–Kier alpha value is -3.63. The highest BCUT2D eigenvalue weighted by atomic mass is 16.6. The number of amides is 1. The fraction of sp³-hybridized carbons (Fsp3) is 0.346. The second-order valence-corrected chi connectivity index (χ2v) is 8.48. The molecule has 7 nitrogen and oxygen atoms in total. The van der Waals surface area contributed by atoms with E-state index >= 15 is 0 Å². The maximum absolute atomic E-state index is 13.0. The predicted octanol–water partition coefficient (Wildman–Crippen LogP) is 4.89. The molecule has 0 radical (unpaired) electrons. The molecule has 0 saturated carbocycles. The zero-order chi connectivity index (χ0) is 24.0. The Labute approximate surface area is 193 Å². The van der Waals surface area contributed by atoms with E-state index in [9.17, 15) is 14.9 Å². The van der Waals surface area contributed by atoms with Crippen LogP contribution in [-0.2, 0) is 20.9 Å². The third-order valence-corrected chi connectivity index (χ3v) is 5.20. The number of nitrogens with one attached hydrogen (secondary N) is 1. The Bertz CT molecular complexity index is 1160. The van der Waals surface area contributed by atoms with Gasteiger partial charge >= 0.3 is 5.97 Å². The number of nitrogens with zero attached hydrogens (tertiary/aromatic N) is 1. The summed E-state index contributed by atoms with van der Waals surface area (Å²) in [4.78, 5) is 25.9. The first-order chi connectivity index (χ1) is 15.7. The first-order valence-electron chi connectivity index (χ1n) is 10.8. The van der Waals surface area contributed by atoms with Crippen LogP contribution in [0.3, 0.4) is 0 Å². The van der Waals surface area contributed by atoms with Crippen molar-refractivity contribution in [1.82, 2.24) is 5.32 Å². The van der Waals surface area contributed by atoms with Gasteiger partial charge in [-0.15, -0.1) is 0 Å². The summed E-state index contributed by atoms with van der Waals surface area (Å²) in [6, 6.07) is 18.6. The van der Waals surface area contributed by atoms with Gasteiger partial charge in [0.25, 0.3) is 5.91 Å². The summed E-state index contributed by atoms with van der Waals surface area (Å²) in [7, 11) is 0. The third kappa shape index (κ3) is 5.99. The van der Waals surface area contributed by atoms with Crippen LogP contribution in [0.15, 0.2) is 59.0 Å². The van der Waals surface area contributed by atoms with Gasteiger partial charge in [-0.1, -0.05) is 62.4 Å². The number of carbonyl (C=O) groups excluding carboxylic acids is 2. The Morgan fingerprint density at radius 1 is 1.12 bits per heavy atom. The zero-order valence-corrected chi connectivity index (χ0v) is 19.3. The molecule has 2 aromatic carbocycles. The summed E-state index contributed by atoms with van der Waals surface area (Å²) >= 11 is 0. The minimum absolute atomic E-state index is 0.0566. The number of hydrogen-bond donors (Lipinski definition) is 1. The fourth-order valence-corrected chi connectivity index (χ4v) is 3.40. The Morgan fingerprint density at radius 2 is 1.79 bits per heavy atom. The van der Waals surface area contributed by atoms with Crippen LogP contribution < -0.4 is 5.32 Å². The van der Waals surface area contributed by atoms with Crippen molar-refractivity contribution < 1.29 is 23.5 Å². The molecule has 2 unspecified atom stereocenters. The predicted molar refractivity (Wildman–Crippen MR) is 123 cm³/mol. The molecule has 0 aliphatic rings. The molecule has 0 fully saturated rings. The number of aryl methyl sites for hydroxylation is 1. The number of fused-ring (bicyclic) bond motifs is 1. The summed E-state index contributed by atoms with van der Waals surface area (Å²) in [6.07, 6.45) is -0.838. The van der Waals surface area contributed by atoms with E-state index in [1.54, 1.807) is 13.0 Å². The minimum atomic E-state index is -1.59. The quantitative estimate of drug-likeness (QED) is 0.370. The number of rotatable bonds is 9. The van der Waals surface area contributed by atoms with Gasteiger partial charge in [-0.3, -0.25) is 4.79 Å². The number of esters is 1. The van der Waals surface area contributed by atoms with Gasteiger partial charge in [0.15, 0.2) is 6.10 Å². The Kier molecular flexibility index (Phi) is 7.52. The van der Waals surface area contributed by atoms with E-state index < -0.39 is 23.7 Å². The molecule has 172 valence electrons. The molecule has 0 bridgehead atoms. The number of hydrogen-bond acceptors (Lipinski definition) is 6. The normalized spacial score (nSPS) is 13.8. The van der Waals surface area contributed by atoms with Crippen molar-refractivity contribution in [2.24, 2.45) is 5.92 Å². The van der Waals surface area contributed by atoms with Gasteiger partial charge in [0, 0.05) is 10.9 Å². The number of nitriles is 1. The van der Waals surface area contributed by atoms with E-state index in [1.807, 2.05) is 68.4 Å². The van der Waals surface area contributed by atoms with Gasteiger partial charge in [0.2, 0.25) is 11.5 Å². The summed E-state index contributed by atoms with van der Waals surface area (Å²) in [5.41, 5.74) is 0.480. The van der Waals surface area contributed by atoms with Crippen LogP contribution in [0.5, 0.6) is 0 Å². The first kappa shape index (κ1) is 24.0. The molecule has 3 aromatic rings. The van der Waals surface area contributed by atoms with Crippen molar-refractivity contribution in [3.8, 4) is 6.07 Å². The van der Waals surface area contributed by atoms with Crippen LogP contribution in [-0.4, -0.2) is 23.7 Å². The van der Waals surface area contributed by atoms with E-state index in [2.05, 4.69) is 5.32 Å². The average Bonchev–Trinajstić information content (AvgIpc) is 3.14. The standard InChI is InChI=1S/C26H28N2O5/c1-17(2)14-22(33-25(30)23-18(3)20-12-8-9-13-21(20)32-23)24(29)28-26(4,16-27)31-15-19-10-6-5-7-11-19/h5-13,17,22H,14-15H2,1-4H3,(H,28,29). The Balaban J connectivity index is 1.73. The second-order valence-electron chi connectivity index (χ2n) is 8.48. The van der Waals surface area contributed by atoms with E-state index in [-0.39, 0.29) is 24.7 Å². The summed E-state index contributed by atoms with van der Waals surface area (Å²) in [5, 5.41) is 13.0. The minimum Gasteiger partial charge on any atom is -0.449 e. The van der Waals surface area contributed by atoms with Crippen molar-refractivity contribution >= 4 is 22.8 Å². The third-order valence-electron chi connectivity index (χ3n) is 5.20. The van der Waals surface area contributed by atoms with E-state index in [0.717, 1.165) is 10.9 Å². The van der Waals surface area contributed by atoms with E-state index in [0.29, 0.717) is 11.1 Å². The first-order valence-corrected chi connectivity index (χ1v) is 10.8. The Morgan fingerprint density at radius 3 is 2.42 bits per heavy atom. The molecule has 2 atom stereocenters. The van der Waals surface area contributed by atoms with Crippen LogP contribution in [0.1, 0.15) is 48.9 Å². The lowest BCUT2D eigenvalue weighted by Gasteiger charge is -2.27. The molecule has 1 heterocycles. The number of ether oxygens (including phenoxy) is 2. The van der Waals surface area contributed by atoms with Crippen molar-refractivity contribution in [1.29, 1.82) is 5.26 Å². The highest BCUT2D eigenvalue weighted by Crippen LogP contribution is 2.26. The van der Waals surface area contributed by atoms with E-state index in [1.165, 1.54) is 6.92 Å². The molecular weight excluding hydrogens is 420 g/mol. The van der Waals surface area contributed by atoms with E-state index in [4.69, 9.17) is 13.9 Å². The molecule has 1 aromatic heterocycles. The molecule has 7 heteroatoms. The van der Waals surface area contributed by atoms with Crippen molar-refractivity contribution in [3.05, 3.63) is 71.5 Å². The molecular formula is C26H28N2O5. The average molecular weight is 449 g/mol. The number of benzene rings is 2.